The quantitative estimate of drug-likeness (QED) is 0.679. The molecule has 1 fully saturated rings. The van der Waals surface area contributed by atoms with Crippen molar-refractivity contribution in [3.63, 3.8) is 0 Å². The van der Waals surface area contributed by atoms with Crippen molar-refractivity contribution in [2.75, 3.05) is 26.8 Å². The van der Waals surface area contributed by atoms with Crippen LogP contribution in [0.15, 0.2) is 0 Å². The fourth-order valence-electron chi connectivity index (χ4n) is 2.06. The van der Waals surface area contributed by atoms with Crippen LogP contribution in [0.2, 0.25) is 0 Å². The molecule has 6 nitrogen and oxygen atoms in total. The molecular weight excluding hydrogens is 226 g/mol. The van der Waals surface area contributed by atoms with Gasteiger partial charge in [0.25, 0.3) is 0 Å². The molecule has 17 heavy (non-hydrogen) atoms. The van der Waals surface area contributed by atoms with Crippen LogP contribution in [0.25, 0.3) is 0 Å². The highest BCUT2D eigenvalue weighted by molar-refractivity contribution is 5.77. The van der Waals surface area contributed by atoms with Crippen molar-refractivity contribution in [3.05, 3.63) is 0 Å². The van der Waals surface area contributed by atoms with Crippen LogP contribution in [0.1, 0.15) is 25.7 Å². The summed E-state index contributed by atoms with van der Waals surface area (Å²) >= 11 is 0. The number of nitrogens with zero attached hydrogens (tertiary/aromatic N) is 1. The average Bonchev–Trinajstić information content (AvgIpc) is 2.64. The minimum Gasteiger partial charge on any atom is -0.480 e. The third kappa shape index (κ3) is 4.70. The van der Waals surface area contributed by atoms with Crippen LogP contribution in [0.4, 0.5) is 0 Å². The highest BCUT2D eigenvalue weighted by Gasteiger charge is 2.33. The van der Waals surface area contributed by atoms with Gasteiger partial charge in [-0.15, -0.1) is 0 Å². The number of carbonyl (C=O) groups excluding carboxylic acids is 1. The summed E-state index contributed by atoms with van der Waals surface area (Å²) in [5, 5.41) is 18.4. The number of ether oxygens (including phenoxy) is 1. The fourth-order valence-corrected chi connectivity index (χ4v) is 2.06. The maximum atomic E-state index is 11.6. The van der Waals surface area contributed by atoms with Crippen molar-refractivity contribution >= 4 is 11.9 Å². The molecule has 0 aliphatic heterocycles. The van der Waals surface area contributed by atoms with E-state index in [2.05, 4.69) is 0 Å². The minimum absolute atomic E-state index is 0.265. The molecule has 1 amide bonds. The first-order chi connectivity index (χ1) is 7.93. The molecule has 1 aliphatic rings. The normalized spacial score (nSPS) is 18.0. The molecule has 0 aromatic carbocycles. The molecule has 0 unspecified atom stereocenters. The summed E-state index contributed by atoms with van der Waals surface area (Å²) in [4.78, 5) is 23.1. The lowest BCUT2D eigenvalue weighted by Gasteiger charge is -2.28. The summed E-state index contributed by atoms with van der Waals surface area (Å²) in [6.07, 6.45) is 3.38. The van der Waals surface area contributed by atoms with Gasteiger partial charge in [0.15, 0.2) is 0 Å². The van der Waals surface area contributed by atoms with E-state index in [9.17, 15) is 14.7 Å². The summed E-state index contributed by atoms with van der Waals surface area (Å²) in [7, 11) is 1.59. The zero-order chi connectivity index (χ0) is 12.9. The number of amides is 1. The Kier molecular flexibility index (Phi) is 4.89. The van der Waals surface area contributed by atoms with E-state index in [1.807, 2.05) is 0 Å². The molecule has 0 bridgehead atoms. The molecule has 0 aromatic rings. The van der Waals surface area contributed by atoms with Crippen molar-refractivity contribution in [1.29, 1.82) is 0 Å². The summed E-state index contributed by atoms with van der Waals surface area (Å²) in [5.74, 6) is -1.42. The summed E-state index contributed by atoms with van der Waals surface area (Å²) in [6.45, 7) is -0.467. The van der Waals surface area contributed by atoms with Crippen LogP contribution in [0, 0.1) is 0 Å². The van der Waals surface area contributed by atoms with Crippen molar-refractivity contribution in [1.82, 2.24) is 4.90 Å². The second-order valence-corrected chi connectivity index (χ2v) is 4.57. The van der Waals surface area contributed by atoms with E-state index in [1.165, 1.54) is 4.90 Å². The number of likely N-dealkylation sites (N-methyl/N-ethyl adjacent to an activating group) is 1. The van der Waals surface area contributed by atoms with E-state index in [4.69, 9.17) is 9.84 Å². The van der Waals surface area contributed by atoms with Crippen LogP contribution < -0.4 is 0 Å². The third-order valence-electron chi connectivity index (χ3n) is 2.94. The van der Waals surface area contributed by atoms with Gasteiger partial charge in [-0.2, -0.15) is 0 Å². The number of carboxylic acids is 1. The van der Waals surface area contributed by atoms with E-state index in [0.717, 1.165) is 12.8 Å². The Bertz CT molecular complexity index is 286. The number of rotatable bonds is 6. The highest BCUT2D eigenvalue weighted by Crippen LogP contribution is 2.29. The van der Waals surface area contributed by atoms with Crippen LogP contribution in [0.3, 0.4) is 0 Å². The summed E-state index contributed by atoms with van der Waals surface area (Å²) < 4.78 is 4.70. The predicted molar refractivity (Wildman–Crippen MR) is 59.5 cm³/mol. The maximum Gasteiger partial charge on any atom is 0.329 e. The van der Waals surface area contributed by atoms with Gasteiger partial charge in [-0.25, -0.2) is 4.79 Å². The molecule has 1 saturated carbocycles. The van der Waals surface area contributed by atoms with Crippen molar-refractivity contribution in [3.8, 4) is 0 Å². The molecule has 6 heteroatoms. The Balaban J connectivity index is 2.28. The van der Waals surface area contributed by atoms with Gasteiger partial charge >= 0.3 is 5.97 Å². The standard InChI is InChI=1S/C11H19NO5/c1-12(8-11(16)4-2-3-5-11)9(13)6-17-7-10(14)15/h16H,2-8H2,1H3,(H,14,15). The van der Waals surface area contributed by atoms with Crippen molar-refractivity contribution in [2.24, 2.45) is 0 Å². The van der Waals surface area contributed by atoms with Gasteiger partial charge in [0.2, 0.25) is 5.91 Å². The van der Waals surface area contributed by atoms with Gasteiger partial charge in [-0.3, -0.25) is 4.79 Å². The number of hydrogen-bond acceptors (Lipinski definition) is 4. The Hall–Kier alpha value is -1.14. The zero-order valence-electron chi connectivity index (χ0n) is 10.0. The van der Waals surface area contributed by atoms with Gasteiger partial charge in [-0.1, -0.05) is 12.8 Å². The molecule has 0 aromatic heterocycles. The molecule has 0 saturated heterocycles. The van der Waals surface area contributed by atoms with E-state index < -0.39 is 18.2 Å². The Morgan fingerprint density at radius 3 is 2.41 bits per heavy atom. The number of aliphatic hydroxyl groups is 1. The number of hydrogen-bond donors (Lipinski definition) is 2. The zero-order valence-corrected chi connectivity index (χ0v) is 10.0. The molecule has 0 radical (unpaired) electrons. The molecule has 0 atom stereocenters. The molecule has 1 aliphatic carbocycles. The van der Waals surface area contributed by atoms with Gasteiger partial charge in [0.05, 0.1) is 5.60 Å². The summed E-state index contributed by atoms with van der Waals surface area (Å²) in [5.41, 5.74) is -0.781. The van der Waals surface area contributed by atoms with E-state index >= 15 is 0 Å². The van der Waals surface area contributed by atoms with Crippen LogP contribution in [-0.4, -0.2) is 59.4 Å². The molecule has 2 N–H and O–H groups in total. The monoisotopic (exact) mass is 245 g/mol. The highest BCUT2D eigenvalue weighted by atomic mass is 16.5. The van der Waals surface area contributed by atoms with Crippen molar-refractivity contribution < 1.29 is 24.5 Å². The largest absolute Gasteiger partial charge is 0.480 e. The number of carbonyl (C=O) groups is 2. The fraction of sp³-hybridized carbons (Fsp3) is 0.818. The first-order valence-electron chi connectivity index (χ1n) is 5.69. The van der Waals surface area contributed by atoms with Crippen LogP contribution in [-0.2, 0) is 14.3 Å². The second-order valence-electron chi connectivity index (χ2n) is 4.57. The maximum absolute atomic E-state index is 11.6. The summed E-state index contributed by atoms with van der Waals surface area (Å²) in [6, 6.07) is 0. The SMILES string of the molecule is CN(CC1(O)CCCC1)C(=O)COCC(=O)O. The molecule has 98 valence electrons. The molecular formula is C11H19NO5. The van der Waals surface area contributed by atoms with Gasteiger partial charge in [0, 0.05) is 13.6 Å². The number of aliphatic carboxylic acids is 1. The van der Waals surface area contributed by atoms with E-state index in [1.54, 1.807) is 7.05 Å². The topological polar surface area (TPSA) is 87.1 Å². The van der Waals surface area contributed by atoms with Crippen LogP contribution in [0.5, 0.6) is 0 Å². The Morgan fingerprint density at radius 1 is 1.29 bits per heavy atom. The lowest BCUT2D eigenvalue weighted by atomic mass is 10.0. The van der Waals surface area contributed by atoms with Gasteiger partial charge < -0.3 is 19.8 Å². The lowest BCUT2D eigenvalue weighted by molar-refractivity contribution is -0.146. The Morgan fingerprint density at radius 2 is 1.88 bits per heavy atom. The average molecular weight is 245 g/mol. The van der Waals surface area contributed by atoms with E-state index in [0.29, 0.717) is 12.8 Å². The van der Waals surface area contributed by atoms with Crippen molar-refractivity contribution in [2.45, 2.75) is 31.3 Å². The lowest BCUT2D eigenvalue weighted by Crippen LogP contribution is -2.43. The first kappa shape index (κ1) is 13.9. The number of carboxylic acid groups (broad SMARTS) is 1. The predicted octanol–water partition coefficient (Wildman–Crippen LogP) is -0.149. The van der Waals surface area contributed by atoms with Gasteiger partial charge in [0.1, 0.15) is 13.2 Å². The Labute approximate surface area is 100 Å². The third-order valence-corrected chi connectivity index (χ3v) is 2.94. The smallest absolute Gasteiger partial charge is 0.329 e. The van der Waals surface area contributed by atoms with Crippen LogP contribution >= 0.6 is 0 Å². The second kappa shape index (κ2) is 5.97. The first-order valence-corrected chi connectivity index (χ1v) is 5.69. The molecule has 0 spiro atoms. The molecule has 1 rings (SSSR count). The minimum atomic E-state index is -1.10. The van der Waals surface area contributed by atoms with E-state index in [-0.39, 0.29) is 19.1 Å². The van der Waals surface area contributed by atoms with Gasteiger partial charge in [-0.05, 0) is 12.8 Å². The molecule has 0 heterocycles.